The van der Waals surface area contributed by atoms with Gasteiger partial charge < -0.3 is 4.42 Å². The Morgan fingerprint density at radius 3 is 2.48 bits per heavy atom. The van der Waals surface area contributed by atoms with Crippen molar-refractivity contribution in [1.29, 1.82) is 0 Å². The number of fused-ring (bicyclic) bond motifs is 3. The van der Waals surface area contributed by atoms with Crippen LogP contribution in [0.25, 0.3) is 49.2 Å². The Labute approximate surface area is 184 Å². The van der Waals surface area contributed by atoms with E-state index in [4.69, 9.17) is 13.7 Å². The first-order valence-corrected chi connectivity index (χ1v) is 10.2. The molecule has 3 nitrogen and oxygen atoms in total. The summed E-state index contributed by atoms with van der Waals surface area (Å²) in [4.78, 5) is 3.80. The van der Waals surface area contributed by atoms with Crippen molar-refractivity contribution < 1.29 is 11.7 Å². The fourth-order valence-electron chi connectivity index (χ4n) is 4.25. The highest BCUT2D eigenvalue weighted by Gasteiger charge is 2.22. The van der Waals surface area contributed by atoms with Gasteiger partial charge in [-0.3, -0.25) is 0 Å². The Bertz CT molecular complexity index is 1600. The predicted molar refractivity (Wildman–Crippen MR) is 126 cm³/mol. The number of aryl methyl sites for hydroxylation is 1. The molecule has 0 atom stereocenters. The Balaban J connectivity index is 1.89. The van der Waals surface area contributed by atoms with Crippen molar-refractivity contribution in [3.05, 3.63) is 94.9 Å². The van der Waals surface area contributed by atoms with E-state index >= 15 is 0 Å². The maximum atomic E-state index is 8.81. The SMILES string of the molecule is [2H]c1c(C)c([2H])c(-c2c(C)ccc3c2oc2cc(-c4ccccc4)c([N+]#[C-])cc23)[n+](C)c1C. The molecule has 0 radical (unpaired) electrons. The molecule has 0 aliphatic rings. The lowest BCUT2D eigenvalue weighted by atomic mass is 9.98. The molecule has 0 spiro atoms. The number of hydrogen-bond acceptors (Lipinski definition) is 1. The van der Waals surface area contributed by atoms with Crippen LogP contribution in [-0.4, -0.2) is 0 Å². The first-order chi connectivity index (χ1) is 15.8. The monoisotopic (exact) mass is 405 g/mol. The molecular formula is C28H23N2O+. The van der Waals surface area contributed by atoms with E-state index in [1.807, 2.05) is 87.0 Å². The van der Waals surface area contributed by atoms with E-state index in [-0.39, 0.29) is 0 Å². The van der Waals surface area contributed by atoms with Crippen molar-refractivity contribution in [1.82, 2.24) is 0 Å². The molecule has 0 saturated heterocycles. The lowest BCUT2D eigenvalue weighted by Gasteiger charge is -2.08. The standard InChI is InChI=1S/C28H23N2O/c1-17-13-19(3)30(5)25(14-17)27-18(2)11-12-21-23-15-24(29-4)22(16-26(23)31-28(21)27)20-9-7-6-8-10-20/h6-16H,1-3,5H3/q+1/i13D,14D. The number of aromatic nitrogens is 1. The Hall–Kier alpha value is -3.90. The number of furan rings is 1. The third kappa shape index (κ3) is 3.00. The fraction of sp³-hybridized carbons (Fsp3) is 0.143. The minimum Gasteiger partial charge on any atom is -0.455 e. The van der Waals surface area contributed by atoms with Gasteiger partial charge in [-0.1, -0.05) is 42.5 Å². The van der Waals surface area contributed by atoms with E-state index < -0.39 is 0 Å². The molecule has 5 rings (SSSR count). The zero-order chi connectivity index (χ0) is 23.4. The molecule has 2 heterocycles. The van der Waals surface area contributed by atoms with E-state index in [0.717, 1.165) is 44.4 Å². The fourth-order valence-corrected chi connectivity index (χ4v) is 4.25. The molecule has 3 aromatic carbocycles. The van der Waals surface area contributed by atoms with Crippen molar-refractivity contribution in [2.24, 2.45) is 7.05 Å². The molecule has 5 aromatic rings. The van der Waals surface area contributed by atoms with Crippen LogP contribution in [0.4, 0.5) is 5.69 Å². The summed E-state index contributed by atoms with van der Waals surface area (Å²) in [6.07, 6.45) is 0. The van der Waals surface area contributed by atoms with Crippen molar-refractivity contribution in [3.8, 4) is 22.4 Å². The number of benzene rings is 3. The average molecular weight is 406 g/mol. The highest BCUT2D eigenvalue weighted by Crippen LogP contribution is 2.42. The second kappa shape index (κ2) is 7.11. The third-order valence-corrected chi connectivity index (χ3v) is 5.92. The molecular weight excluding hydrogens is 380 g/mol. The minimum absolute atomic E-state index is 0.330. The summed E-state index contributed by atoms with van der Waals surface area (Å²) in [5, 5.41) is 1.80. The van der Waals surface area contributed by atoms with Gasteiger partial charge in [-0.25, -0.2) is 4.85 Å². The summed E-state index contributed by atoms with van der Waals surface area (Å²) in [5.41, 5.74) is 7.83. The van der Waals surface area contributed by atoms with Gasteiger partial charge in [0.25, 0.3) is 0 Å². The zero-order valence-electron chi connectivity index (χ0n) is 20.0. The summed E-state index contributed by atoms with van der Waals surface area (Å²) in [7, 11) is 1.89. The summed E-state index contributed by atoms with van der Waals surface area (Å²) in [5.74, 6) is 0. The molecule has 150 valence electrons. The quantitative estimate of drug-likeness (QED) is 0.224. The van der Waals surface area contributed by atoms with Gasteiger partial charge in [-0.05, 0) is 48.2 Å². The predicted octanol–water partition coefficient (Wildman–Crippen LogP) is 7.22. The van der Waals surface area contributed by atoms with E-state index in [2.05, 4.69) is 4.85 Å². The minimum atomic E-state index is 0.330. The van der Waals surface area contributed by atoms with Crippen molar-refractivity contribution >= 4 is 27.6 Å². The molecule has 3 heteroatoms. The van der Waals surface area contributed by atoms with Crippen LogP contribution < -0.4 is 4.57 Å². The first-order valence-electron chi connectivity index (χ1n) is 11.2. The second-order valence-electron chi connectivity index (χ2n) is 7.95. The molecule has 0 fully saturated rings. The zero-order valence-corrected chi connectivity index (χ0v) is 18.0. The lowest BCUT2D eigenvalue weighted by molar-refractivity contribution is -0.666. The summed E-state index contributed by atoms with van der Waals surface area (Å²) in [6.45, 7) is 13.5. The number of nitrogens with zero attached hydrogens (tertiary/aromatic N) is 2. The summed E-state index contributed by atoms with van der Waals surface area (Å²) in [6, 6.07) is 18.5. The maximum absolute atomic E-state index is 8.81. The van der Waals surface area contributed by atoms with Gasteiger partial charge in [0.15, 0.2) is 11.4 Å². The summed E-state index contributed by atoms with van der Waals surface area (Å²) >= 11 is 0. The Morgan fingerprint density at radius 2 is 1.74 bits per heavy atom. The van der Waals surface area contributed by atoms with Crippen molar-refractivity contribution in [2.75, 3.05) is 0 Å². The highest BCUT2D eigenvalue weighted by atomic mass is 16.3. The van der Waals surface area contributed by atoms with E-state index in [9.17, 15) is 0 Å². The van der Waals surface area contributed by atoms with Crippen LogP contribution >= 0.6 is 0 Å². The molecule has 0 aliphatic heterocycles. The highest BCUT2D eigenvalue weighted by molar-refractivity contribution is 6.12. The smallest absolute Gasteiger partial charge is 0.216 e. The largest absolute Gasteiger partial charge is 0.455 e. The van der Waals surface area contributed by atoms with Gasteiger partial charge in [0, 0.05) is 29.8 Å². The Kier molecular flexibility index (Phi) is 3.86. The maximum Gasteiger partial charge on any atom is 0.216 e. The van der Waals surface area contributed by atoms with Crippen LogP contribution in [0.5, 0.6) is 0 Å². The number of hydrogen-bond donors (Lipinski definition) is 0. The van der Waals surface area contributed by atoms with Crippen LogP contribution in [0, 0.1) is 27.3 Å². The molecule has 0 bridgehead atoms. The van der Waals surface area contributed by atoms with Gasteiger partial charge in [0.1, 0.15) is 18.2 Å². The number of pyridine rings is 1. The van der Waals surface area contributed by atoms with Crippen LogP contribution in [-0.2, 0) is 7.05 Å². The van der Waals surface area contributed by atoms with Crippen LogP contribution in [0.1, 0.15) is 19.6 Å². The van der Waals surface area contributed by atoms with Crippen LogP contribution in [0.15, 0.2) is 71.1 Å². The summed E-state index contributed by atoms with van der Waals surface area (Å²) < 4.78 is 25.5. The topological polar surface area (TPSA) is 21.4 Å². The molecule has 0 saturated carbocycles. The molecule has 31 heavy (non-hydrogen) atoms. The van der Waals surface area contributed by atoms with E-state index in [1.165, 1.54) is 0 Å². The molecule has 2 aromatic heterocycles. The van der Waals surface area contributed by atoms with Gasteiger partial charge in [0.05, 0.1) is 14.9 Å². The van der Waals surface area contributed by atoms with Gasteiger partial charge >= 0.3 is 0 Å². The normalized spacial score (nSPS) is 12.1. The lowest BCUT2D eigenvalue weighted by Crippen LogP contribution is -2.35. The second-order valence-corrected chi connectivity index (χ2v) is 7.95. The van der Waals surface area contributed by atoms with E-state index in [1.54, 1.807) is 0 Å². The average Bonchev–Trinajstić information content (AvgIpc) is 3.20. The van der Waals surface area contributed by atoms with Gasteiger partial charge in [-0.15, -0.1) is 0 Å². The molecule has 0 aliphatic carbocycles. The molecule has 0 unspecified atom stereocenters. The molecule has 0 amide bonds. The van der Waals surface area contributed by atoms with Crippen molar-refractivity contribution in [2.45, 2.75) is 20.8 Å². The van der Waals surface area contributed by atoms with Crippen molar-refractivity contribution in [3.63, 3.8) is 0 Å². The van der Waals surface area contributed by atoms with Gasteiger partial charge in [-0.2, -0.15) is 4.57 Å². The number of rotatable bonds is 2. The van der Waals surface area contributed by atoms with Crippen LogP contribution in [0.2, 0.25) is 0 Å². The Morgan fingerprint density at radius 1 is 0.968 bits per heavy atom. The third-order valence-electron chi connectivity index (χ3n) is 5.92. The van der Waals surface area contributed by atoms with Gasteiger partial charge in [0.2, 0.25) is 5.69 Å². The van der Waals surface area contributed by atoms with E-state index in [0.29, 0.717) is 34.5 Å². The van der Waals surface area contributed by atoms with Crippen LogP contribution in [0.3, 0.4) is 0 Å². The first kappa shape index (κ1) is 16.8. The molecule has 0 N–H and O–H groups in total.